The summed E-state index contributed by atoms with van der Waals surface area (Å²) in [5.74, 6) is 0.885. The Morgan fingerprint density at radius 2 is 1.88 bits per heavy atom. The molecule has 2 heterocycles. The Morgan fingerprint density at radius 1 is 1.16 bits per heavy atom. The van der Waals surface area contributed by atoms with E-state index in [1.165, 1.54) is 5.56 Å². The molecule has 3 rings (SSSR count). The van der Waals surface area contributed by atoms with Crippen LogP contribution >= 0.6 is 11.8 Å². The molecule has 0 spiro atoms. The lowest BCUT2D eigenvalue weighted by molar-refractivity contribution is 0.0678. The van der Waals surface area contributed by atoms with E-state index in [4.69, 9.17) is 9.47 Å². The minimum atomic E-state index is 0.324. The molecule has 6 heteroatoms. The summed E-state index contributed by atoms with van der Waals surface area (Å²) in [6.45, 7) is 3.50. The molecule has 0 saturated carbocycles. The Morgan fingerprint density at radius 3 is 2.48 bits per heavy atom. The third kappa shape index (κ3) is 5.42. The van der Waals surface area contributed by atoms with E-state index in [1.807, 2.05) is 30.8 Å². The molecule has 0 N–H and O–H groups in total. The van der Waals surface area contributed by atoms with Gasteiger partial charge in [0, 0.05) is 44.2 Å². The quantitative estimate of drug-likeness (QED) is 0.532. The van der Waals surface area contributed by atoms with Crippen molar-refractivity contribution in [1.29, 1.82) is 0 Å². The van der Waals surface area contributed by atoms with Crippen LogP contribution in [0.4, 0.5) is 0 Å². The highest BCUT2D eigenvalue weighted by Gasteiger charge is 2.20. The van der Waals surface area contributed by atoms with Crippen molar-refractivity contribution in [2.45, 2.75) is 37.2 Å². The normalized spacial score (nSPS) is 17.2. The van der Waals surface area contributed by atoms with Crippen LogP contribution in [0.1, 0.15) is 24.0 Å². The lowest BCUT2D eigenvalue weighted by Gasteiger charge is -2.25. The first-order chi connectivity index (χ1) is 12.3. The molecule has 1 aromatic carbocycles. The number of hydrogen-bond donors (Lipinski definition) is 0. The fourth-order valence-corrected chi connectivity index (χ4v) is 3.35. The molecule has 0 bridgehead atoms. The highest BCUT2D eigenvalue weighted by Crippen LogP contribution is 2.19. The van der Waals surface area contributed by atoms with Crippen molar-refractivity contribution >= 4 is 11.8 Å². The van der Waals surface area contributed by atoms with Crippen LogP contribution in [0.5, 0.6) is 5.75 Å². The summed E-state index contributed by atoms with van der Waals surface area (Å²) in [5.41, 5.74) is 2.39. The maximum absolute atomic E-state index is 5.84. The second-order valence-electron chi connectivity index (χ2n) is 6.23. The zero-order valence-corrected chi connectivity index (χ0v) is 15.7. The first kappa shape index (κ1) is 18.2. The second kappa shape index (κ2) is 9.17. The van der Waals surface area contributed by atoms with Crippen LogP contribution in [0.2, 0.25) is 0 Å². The predicted octanol–water partition coefficient (Wildman–Crippen LogP) is 3.39. The summed E-state index contributed by atoms with van der Waals surface area (Å²) in [4.78, 5) is 11.2. The van der Waals surface area contributed by atoms with Gasteiger partial charge in [0.15, 0.2) is 5.16 Å². The zero-order chi connectivity index (χ0) is 17.5. The molecule has 1 saturated heterocycles. The van der Waals surface area contributed by atoms with Crippen molar-refractivity contribution in [2.24, 2.45) is 0 Å². The zero-order valence-electron chi connectivity index (χ0n) is 14.9. The summed E-state index contributed by atoms with van der Waals surface area (Å²) in [6, 6.07) is 8.26. The number of rotatable bonds is 8. The Bertz CT molecular complexity index is 593. The minimum absolute atomic E-state index is 0.324. The molecule has 1 atom stereocenters. The van der Waals surface area contributed by atoms with Crippen LogP contribution < -0.4 is 4.74 Å². The number of thioether (sulfide) groups is 1. The monoisotopic (exact) mass is 359 g/mol. The molecule has 5 nitrogen and oxygen atoms in total. The third-order valence-corrected chi connectivity index (χ3v) is 4.90. The SMILES string of the molecule is COc1ccc(CN(Cc2cnc(SC)nc2)CC2CCCO2)cc1. The third-order valence-electron chi connectivity index (χ3n) is 4.32. The van der Waals surface area contributed by atoms with Crippen molar-refractivity contribution < 1.29 is 9.47 Å². The van der Waals surface area contributed by atoms with Gasteiger partial charge in [0.05, 0.1) is 13.2 Å². The van der Waals surface area contributed by atoms with Gasteiger partial charge in [-0.05, 0) is 36.8 Å². The Labute approximate surface area is 153 Å². The van der Waals surface area contributed by atoms with E-state index in [0.717, 1.165) is 55.6 Å². The topological polar surface area (TPSA) is 47.5 Å². The van der Waals surface area contributed by atoms with Crippen LogP contribution in [0, 0.1) is 0 Å². The molecule has 1 aliphatic heterocycles. The van der Waals surface area contributed by atoms with Crippen molar-refractivity contribution in [3.8, 4) is 5.75 Å². The molecule has 1 aromatic heterocycles. The number of aromatic nitrogens is 2. The molecule has 2 aromatic rings. The number of hydrogen-bond acceptors (Lipinski definition) is 6. The van der Waals surface area contributed by atoms with Gasteiger partial charge >= 0.3 is 0 Å². The first-order valence-corrected chi connectivity index (χ1v) is 9.81. The van der Waals surface area contributed by atoms with E-state index < -0.39 is 0 Å². The fraction of sp³-hybridized carbons (Fsp3) is 0.474. The molecular weight excluding hydrogens is 334 g/mol. The maximum atomic E-state index is 5.84. The fourth-order valence-electron chi connectivity index (χ4n) is 3.04. The number of nitrogens with zero attached hydrogens (tertiary/aromatic N) is 3. The highest BCUT2D eigenvalue weighted by atomic mass is 32.2. The van der Waals surface area contributed by atoms with Crippen LogP contribution in [0.3, 0.4) is 0 Å². The average Bonchev–Trinajstić information content (AvgIpc) is 3.16. The van der Waals surface area contributed by atoms with E-state index in [1.54, 1.807) is 18.9 Å². The minimum Gasteiger partial charge on any atom is -0.497 e. The molecule has 0 radical (unpaired) electrons. The Balaban J connectivity index is 1.68. The standard InChI is InChI=1S/C19H25N3O2S/c1-23-17-7-5-15(6-8-17)12-22(14-18-4-3-9-24-18)13-16-10-20-19(25-2)21-11-16/h5-8,10-11,18H,3-4,9,12-14H2,1-2H3. The van der Waals surface area contributed by atoms with Gasteiger partial charge in [-0.15, -0.1) is 0 Å². The largest absolute Gasteiger partial charge is 0.497 e. The number of methoxy groups -OCH3 is 1. The molecule has 0 amide bonds. The lowest BCUT2D eigenvalue weighted by Crippen LogP contribution is -2.31. The van der Waals surface area contributed by atoms with Crippen molar-refractivity contribution in [1.82, 2.24) is 14.9 Å². The molecule has 1 aliphatic rings. The summed E-state index contributed by atoms with van der Waals surface area (Å²) in [5, 5.41) is 0.810. The molecule has 25 heavy (non-hydrogen) atoms. The van der Waals surface area contributed by atoms with Gasteiger partial charge in [-0.3, -0.25) is 4.90 Å². The van der Waals surface area contributed by atoms with E-state index in [9.17, 15) is 0 Å². The van der Waals surface area contributed by atoms with Crippen molar-refractivity contribution in [3.63, 3.8) is 0 Å². The van der Waals surface area contributed by atoms with Gasteiger partial charge in [-0.25, -0.2) is 9.97 Å². The lowest BCUT2D eigenvalue weighted by atomic mass is 10.1. The average molecular weight is 359 g/mol. The van der Waals surface area contributed by atoms with Gasteiger partial charge in [-0.1, -0.05) is 23.9 Å². The Kier molecular flexibility index (Phi) is 6.67. The molecular formula is C19H25N3O2S. The van der Waals surface area contributed by atoms with Gasteiger partial charge < -0.3 is 9.47 Å². The van der Waals surface area contributed by atoms with E-state index >= 15 is 0 Å². The van der Waals surface area contributed by atoms with Crippen molar-refractivity contribution in [3.05, 3.63) is 47.8 Å². The first-order valence-electron chi connectivity index (χ1n) is 8.58. The smallest absolute Gasteiger partial charge is 0.187 e. The summed E-state index contributed by atoms with van der Waals surface area (Å²) >= 11 is 1.56. The Hall–Kier alpha value is -1.63. The van der Waals surface area contributed by atoms with E-state index in [2.05, 4.69) is 27.0 Å². The van der Waals surface area contributed by atoms with Gasteiger partial charge in [0.1, 0.15) is 5.75 Å². The summed E-state index contributed by atoms with van der Waals surface area (Å²) < 4.78 is 11.1. The molecule has 1 unspecified atom stereocenters. The number of ether oxygens (including phenoxy) is 2. The highest BCUT2D eigenvalue weighted by molar-refractivity contribution is 7.98. The van der Waals surface area contributed by atoms with Crippen LogP contribution in [0.25, 0.3) is 0 Å². The summed E-state index contributed by atoms with van der Waals surface area (Å²) in [6.07, 6.45) is 8.46. The summed E-state index contributed by atoms with van der Waals surface area (Å²) in [7, 11) is 1.69. The van der Waals surface area contributed by atoms with E-state index in [0.29, 0.717) is 6.10 Å². The van der Waals surface area contributed by atoms with Gasteiger partial charge in [0.25, 0.3) is 0 Å². The predicted molar refractivity (Wildman–Crippen MR) is 99.9 cm³/mol. The van der Waals surface area contributed by atoms with E-state index in [-0.39, 0.29) is 0 Å². The second-order valence-corrected chi connectivity index (χ2v) is 7.00. The van der Waals surface area contributed by atoms with Crippen LogP contribution in [-0.4, -0.2) is 47.5 Å². The number of benzene rings is 1. The maximum Gasteiger partial charge on any atom is 0.187 e. The molecule has 0 aliphatic carbocycles. The molecule has 1 fully saturated rings. The van der Waals surface area contributed by atoms with Crippen LogP contribution in [-0.2, 0) is 17.8 Å². The van der Waals surface area contributed by atoms with Gasteiger partial charge in [0.2, 0.25) is 0 Å². The van der Waals surface area contributed by atoms with Crippen molar-refractivity contribution in [2.75, 3.05) is 26.5 Å². The molecule has 134 valence electrons. The van der Waals surface area contributed by atoms with Gasteiger partial charge in [-0.2, -0.15) is 0 Å². The van der Waals surface area contributed by atoms with Crippen LogP contribution in [0.15, 0.2) is 41.8 Å².